The SMILES string of the molecule is CC(C)(C)c1ccc(N(c2ccc3c(c2)C(C)(C)c2ccccc2-3)c2ccc3ccccc3c2-c2ccc3c(c2)-c2ccccc2C3(C)C)cc1. The highest BCUT2D eigenvalue weighted by Crippen LogP contribution is 2.53. The molecule has 1 heteroatoms. The van der Waals surface area contributed by atoms with Gasteiger partial charge in [-0.05, 0) is 108 Å². The molecule has 0 heterocycles. The molecule has 0 atom stereocenters. The Kier molecular flexibility index (Phi) is 6.84. The lowest BCUT2D eigenvalue weighted by molar-refractivity contribution is 0.590. The van der Waals surface area contributed by atoms with E-state index >= 15 is 0 Å². The van der Waals surface area contributed by atoms with Gasteiger partial charge < -0.3 is 4.90 Å². The zero-order chi connectivity index (χ0) is 35.3. The number of anilines is 3. The Morgan fingerprint density at radius 3 is 1.73 bits per heavy atom. The Balaban J connectivity index is 1.31. The van der Waals surface area contributed by atoms with Crippen LogP contribution in [0, 0.1) is 0 Å². The van der Waals surface area contributed by atoms with Gasteiger partial charge in [0.25, 0.3) is 0 Å². The highest BCUT2D eigenvalue weighted by molar-refractivity contribution is 6.06. The summed E-state index contributed by atoms with van der Waals surface area (Å²) in [5.41, 5.74) is 18.2. The van der Waals surface area contributed by atoms with Crippen LogP contribution in [0.1, 0.15) is 76.3 Å². The largest absolute Gasteiger partial charge is 0.310 e. The molecule has 0 saturated heterocycles. The predicted octanol–water partition coefficient (Wildman–Crippen LogP) is 13.9. The van der Waals surface area contributed by atoms with Crippen LogP contribution in [0.3, 0.4) is 0 Å². The highest BCUT2D eigenvalue weighted by Gasteiger charge is 2.37. The van der Waals surface area contributed by atoms with Crippen LogP contribution in [0.25, 0.3) is 44.2 Å². The number of nitrogens with zero attached hydrogens (tertiary/aromatic N) is 1. The summed E-state index contributed by atoms with van der Waals surface area (Å²) < 4.78 is 0. The summed E-state index contributed by atoms with van der Waals surface area (Å²) in [6, 6.07) is 54.9. The molecule has 0 aliphatic heterocycles. The average Bonchev–Trinajstić information content (AvgIpc) is 3.50. The van der Waals surface area contributed by atoms with E-state index in [0.29, 0.717) is 0 Å². The first kappa shape index (κ1) is 31.6. The Morgan fingerprint density at radius 2 is 1.02 bits per heavy atom. The first-order valence-corrected chi connectivity index (χ1v) is 18.4. The van der Waals surface area contributed by atoms with Crippen molar-refractivity contribution in [3.8, 4) is 33.4 Å². The second-order valence-corrected chi connectivity index (χ2v) is 16.6. The van der Waals surface area contributed by atoms with Gasteiger partial charge in [-0.15, -0.1) is 0 Å². The molecular weight excluding hydrogens is 615 g/mol. The summed E-state index contributed by atoms with van der Waals surface area (Å²) in [6.45, 7) is 16.3. The Labute approximate surface area is 303 Å². The third-order valence-electron chi connectivity index (χ3n) is 11.8. The normalized spacial score (nSPS) is 14.9. The summed E-state index contributed by atoms with van der Waals surface area (Å²) in [5.74, 6) is 0. The molecule has 0 bridgehead atoms. The van der Waals surface area contributed by atoms with Crippen molar-refractivity contribution >= 4 is 27.8 Å². The van der Waals surface area contributed by atoms with Crippen molar-refractivity contribution in [3.05, 3.63) is 173 Å². The van der Waals surface area contributed by atoms with Gasteiger partial charge in [0.05, 0.1) is 5.69 Å². The minimum Gasteiger partial charge on any atom is -0.310 e. The second kappa shape index (κ2) is 11.0. The lowest BCUT2D eigenvalue weighted by Crippen LogP contribution is -2.17. The summed E-state index contributed by atoms with van der Waals surface area (Å²) in [4.78, 5) is 2.50. The quantitative estimate of drug-likeness (QED) is 0.182. The molecule has 0 radical (unpaired) electrons. The smallest absolute Gasteiger partial charge is 0.0546 e. The molecule has 250 valence electrons. The maximum absolute atomic E-state index is 2.50. The third-order valence-corrected chi connectivity index (χ3v) is 11.8. The fourth-order valence-electron chi connectivity index (χ4n) is 8.99. The van der Waals surface area contributed by atoms with E-state index in [1.54, 1.807) is 0 Å². The molecule has 0 saturated carbocycles. The molecule has 0 amide bonds. The molecule has 7 aromatic carbocycles. The number of hydrogen-bond acceptors (Lipinski definition) is 1. The molecule has 0 N–H and O–H groups in total. The molecule has 7 aromatic rings. The van der Waals surface area contributed by atoms with Crippen LogP contribution in [-0.4, -0.2) is 0 Å². The van der Waals surface area contributed by atoms with Gasteiger partial charge in [-0.2, -0.15) is 0 Å². The van der Waals surface area contributed by atoms with Gasteiger partial charge in [0.2, 0.25) is 0 Å². The van der Waals surface area contributed by atoms with Crippen molar-refractivity contribution < 1.29 is 0 Å². The van der Waals surface area contributed by atoms with Gasteiger partial charge >= 0.3 is 0 Å². The van der Waals surface area contributed by atoms with Crippen LogP contribution in [0.5, 0.6) is 0 Å². The molecule has 2 aliphatic rings. The summed E-state index contributed by atoms with van der Waals surface area (Å²) in [6.07, 6.45) is 0. The number of hydrogen-bond donors (Lipinski definition) is 0. The minimum atomic E-state index is -0.101. The van der Waals surface area contributed by atoms with E-state index in [1.807, 2.05) is 0 Å². The molecule has 9 rings (SSSR count). The van der Waals surface area contributed by atoms with Gasteiger partial charge in [0, 0.05) is 27.8 Å². The van der Waals surface area contributed by atoms with E-state index in [-0.39, 0.29) is 16.2 Å². The molecular formula is C50H45N. The van der Waals surface area contributed by atoms with E-state index < -0.39 is 0 Å². The summed E-state index contributed by atoms with van der Waals surface area (Å²) in [5, 5.41) is 2.50. The van der Waals surface area contributed by atoms with E-state index in [9.17, 15) is 0 Å². The molecule has 0 fully saturated rings. The van der Waals surface area contributed by atoms with Crippen molar-refractivity contribution in [2.75, 3.05) is 4.90 Å². The van der Waals surface area contributed by atoms with Crippen LogP contribution in [0.15, 0.2) is 146 Å². The molecule has 51 heavy (non-hydrogen) atoms. The maximum atomic E-state index is 2.50. The maximum Gasteiger partial charge on any atom is 0.0546 e. The Bertz CT molecular complexity index is 2500. The first-order valence-electron chi connectivity index (χ1n) is 18.4. The minimum absolute atomic E-state index is 0.0400. The second-order valence-electron chi connectivity index (χ2n) is 16.6. The standard InChI is InChI=1S/C50H45N/c1-48(2,3)34-22-24-35(25-23-34)51(36-26-27-40-38-16-10-12-18-42(38)50(6,7)45(40)31-36)46-29-21-32-14-8-9-15-37(32)47(46)33-20-28-44-41(30-33)39-17-11-13-19-43(39)49(44,4)5/h8-31H,1-7H3. The fourth-order valence-corrected chi connectivity index (χ4v) is 8.99. The topological polar surface area (TPSA) is 3.24 Å². The zero-order valence-corrected chi connectivity index (χ0v) is 30.8. The van der Waals surface area contributed by atoms with Crippen LogP contribution in [-0.2, 0) is 16.2 Å². The number of fused-ring (bicyclic) bond motifs is 7. The molecule has 0 spiro atoms. The van der Waals surface area contributed by atoms with E-state index in [1.165, 1.54) is 83.3 Å². The zero-order valence-electron chi connectivity index (χ0n) is 30.8. The third kappa shape index (κ3) is 4.75. The van der Waals surface area contributed by atoms with Gasteiger partial charge in [0.15, 0.2) is 0 Å². The van der Waals surface area contributed by atoms with Crippen molar-refractivity contribution in [1.82, 2.24) is 0 Å². The summed E-state index contributed by atoms with van der Waals surface area (Å²) >= 11 is 0. The van der Waals surface area contributed by atoms with Crippen molar-refractivity contribution in [2.45, 2.75) is 64.7 Å². The average molecular weight is 660 g/mol. The van der Waals surface area contributed by atoms with Crippen LogP contribution in [0.4, 0.5) is 17.1 Å². The van der Waals surface area contributed by atoms with Gasteiger partial charge in [-0.1, -0.05) is 158 Å². The van der Waals surface area contributed by atoms with Crippen LogP contribution < -0.4 is 4.90 Å². The van der Waals surface area contributed by atoms with Crippen LogP contribution >= 0.6 is 0 Å². The van der Waals surface area contributed by atoms with Crippen molar-refractivity contribution in [1.29, 1.82) is 0 Å². The summed E-state index contributed by atoms with van der Waals surface area (Å²) in [7, 11) is 0. The predicted molar refractivity (Wildman–Crippen MR) is 218 cm³/mol. The Hall–Kier alpha value is -5.40. The lowest BCUT2D eigenvalue weighted by Gasteiger charge is -2.31. The van der Waals surface area contributed by atoms with Gasteiger partial charge in [-0.25, -0.2) is 0 Å². The van der Waals surface area contributed by atoms with E-state index in [4.69, 9.17) is 0 Å². The van der Waals surface area contributed by atoms with E-state index in [0.717, 1.165) is 5.69 Å². The Morgan fingerprint density at radius 1 is 0.451 bits per heavy atom. The fraction of sp³-hybridized carbons (Fsp3) is 0.200. The highest BCUT2D eigenvalue weighted by atomic mass is 15.1. The first-order chi connectivity index (χ1) is 24.4. The van der Waals surface area contributed by atoms with Crippen molar-refractivity contribution in [3.63, 3.8) is 0 Å². The molecule has 0 unspecified atom stereocenters. The van der Waals surface area contributed by atoms with Crippen LogP contribution in [0.2, 0.25) is 0 Å². The monoisotopic (exact) mass is 659 g/mol. The lowest BCUT2D eigenvalue weighted by atomic mass is 9.82. The molecule has 1 nitrogen and oxygen atoms in total. The number of benzene rings is 7. The molecule has 0 aromatic heterocycles. The molecule has 2 aliphatic carbocycles. The van der Waals surface area contributed by atoms with Gasteiger partial charge in [0.1, 0.15) is 0 Å². The van der Waals surface area contributed by atoms with Crippen molar-refractivity contribution in [2.24, 2.45) is 0 Å². The van der Waals surface area contributed by atoms with Gasteiger partial charge in [-0.3, -0.25) is 0 Å². The van der Waals surface area contributed by atoms with E-state index in [2.05, 4.69) is 199 Å². The number of rotatable bonds is 4.